The summed E-state index contributed by atoms with van der Waals surface area (Å²) in [6.07, 6.45) is 2.31. The molecule has 0 amide bonds. The number of sulfonamides is 1. The van der Waals surface area contributed by atoms with Crippen molar-refractivity contribution in [3.8, 4) is 0 Å². The highest BCUT2D eigenvalue weighted by Crippen LogP contribution is 2.41. The smallest absolute Gasteiger partial charge is 0.461 e. The molecule has 0 bridgehead atoms. The summed E-state index contributed by atoms with van der Waals surface area (Å²) in [6, 6.07) is 3.04. The van der Waals surface area contributed by atoms with Crippen LogP contribution in [-0.2, 0) is 21.2 Å². The van der Waals surface area contributed by atoms with Crippen LogP contribution in [-0.4, -0.2) is 49.3 Å². The highest BCUT2D eigenvalue weighted by Gasteiger charge is 2.46. The number of aromatic nitrogens is 2. The Morgan fingerprint density at radius 2 is 2.00 bits per heavy atom. The third kappa shape index (κ3) is 5.46. The number of nitrogens with zero attached hydrogens (tertiary/aromatic N) is 5. The van der Waals surface area contributed by atoms with Crippen molar-refractivity contribution in [2.45, 2.75) is 51.6 Å². The summed E-state index contributed by atoms with van der Waals surface area (Å²) in [7, 11) is -5.70. The Balaban J connectivity index is 2.03. The minimum atomic E-state index is -5.70. The van der Waals surface area contributed by atoms with Gasteiger partial charge >= 0.3 is 21.5 Å². The SMILES string of the molecule is CCOC(=O)c1nnc(N=Nc2cc3c(cc2NS(=O)(=O)C(F)(F)F)N(CC)C(CC)CC3)s1. The monoisotopic (exact) mass is 520 g/mol. The topological polar surface area (TPSA) is 126 Å². The standard InChI is InChI=1S/C19H23F3N6O4S2/c1-4-12-8-7-11-9-13(23-25-18-26-24-16(33-18)17(29)32-6-3)14(10-15(11)28(12)5-2)27-34(30,31)19(20,21)22/h9-10,12,27H,4-8H2,1-3H3. The first-order valence-electron chi connectivity index (χ1n) is 10.5. The zero-order chi connectivity index (χ0) is 25.1. The van der Waals surface area contributed by atoms with Gasteiger partial charge in [-0.05, 0) is 50.8 Å². The van der Waals surface area contributed by atoms with Crippen LogP contribution in [0, 0.1) is 0 Å². The number of ether oxygens (including phenoxy) is 1. The van der Waals surface area contributed by atoms with E-state index in [1.807, 2.05) is 18.7 Å². The summed E-state index contributed by atoms with van der Waals surface area (Å²) in [5, 5.41) is 15.0. The first kappa shape index (κ1) is 25.8. The number of hydrogen-bond donors (Lipinski definition) is 1. The molecule has 1 aromatic heterocycles. The molecule has 0 aliphatic carbocycles. The van der Waals surface area contributed by atoms with Crippen molar-refractivity contribution in [3.63, 3.8) is 0 Å². The number of fused-ring (bicyclic) bond motifs is 1. The summed E-state index contributed by atoms with van der Waals surface area (Å²) < 4.78 is 69.3. The number of nitrogens with one attached hydrogen (secondary N) is 1. The average Bonchev–Trinajstić information content (AvgIpc) is 3.25. The number of aryl methyl sites for hydroxylation is 1. The maximum Gasteiger partial charge on any atom is 0.516 e. The summed E-state index contributed by atoms with van der Waals surface area (Å²) in [5.41, 5.74) is -4.56. The van der Waals surface area contributed by atoms with Gasteiger partial charge in [0.25, 0.3) is 5.13 Å². The maximum atomic E-state index is 13.1. The lowest BCUT2D eigenvalue weighted by molar-refractivity contribution is -0.0429. The van der Waals surface area contributed by atoms with Gasteiger partial charge in [0.2, 0.25) is 5.01 Å². The number of rotatable bonds is 8. The van der Waals surface area contributed by atoms with Crippen LogP contribution in [0.1, 0.15) is 49.0 Å². The van der Waals surface area contributed by atoms with Gasteiger partial charge in [-0.15, -0.1) is 20.4 Å². The van der Waals surface area contributed by atoms with Gasteiger partial charge in [0.1, 0.15) is 5.69 Å². The van der Waals surface area contributed by atoms with E-state index in [1.165, 1.54) is 12.1 Å². The van der Waals surface area contributed by atoms with Gasteiger partial charge in [0.05, 0.1) is 12.3 Å². The van der Waals surface area contributed by atoms with E-state index in [-0.39, 0.29) is 34.2 Å². The lowest BCUT2D eigenvalue weighted by Gasteiger charge is -2.38. The van der Waals surface area contributed by atoms with Crippen LogP contribution < -0.4 is 9.62 Å². The molecular weight excluding hydrogens is 497 g/mol. The molecule has 10 nitrogen and oxygen atoms in total. The molecule has 0 fully saturated rings. The Labute approximate surface area is 198 Å². The van der Waals surface area contributed by atoms with Crippen molar-refractivity contribution >= 4 is 49.5 Å². The molecule has 2 aromatic rings. The quantitative estimate of drug-likeness (QED) is 0.386. The van der Waals surface area contributed by atoms with Crippen molar-refractivity contribution < 1.29 is 31.1 Å². The number of benzene rings is 1. The van der Waals surface area contributed by atoms with E-state index >= 15 is 0 Å². The van der Waals surface area contributed by atoms with Crippen LogP contribution in [0.4, 0.5) is 35.4 Å². The number of esters is 1. The first-order valence-corrected chi connectivity index (χ1v) is 12.8. The van der Waals surface area contributed by atoms with Gasteiger partial charge in [-0.3, -0.25) is 4.72 Å². The van der Waals surface area contributed by atoms with E-state index in [2.05, 4.69) is 20.4 Å². The minimum absolute atomic E-state index is 0.0494. The molecule has 34 heavy (non-hydrogen) atoms. The Kier molecular flexibility index (Phi) is 7.75. The molecule has 1 aromatic carbocycles. The number of hydrogen-bond acceptors (Lipinski definition) is 10. The summed E-state index contributed by atoms with van der Waals surface area (Å²) in [6.45, 7) is 6.30. The van der Waals surface area contributed by atoms with Crippen molar-refractivity contribution in [1.29, 1.82) is 0 Å². The fourth-order valence-corrected chi connectivity index (χ4v) is 4.74. The van der Waals surface area contributed by atoms with E-state index in [0.717, 1.165) is 29.7 Å². The largest absolute Gasteiger partial charge is 0.516 e. The number of alkyl halides is 3. The Morgan fingerprint density at radius 3 is 2.62 bits per heavy atom. The molecule has 186 valence electrons. The molecule has 1 N–H and O–H groups in total. The molecule has 15 heteroatoms. The van der Waals surface area contributed by atoms with E-state index in [9.17, 15) is 26.4 Å². The molecule has 1 unspecified atom stereocenters. The number of carbonyl (C=O) groups excluding carboxylic acids is 1. The van der Waals surface area contributed by atoms with Gasteiger partial charge in [0.15, 0.2) is 0 Å². The van der Waals surface area contributed by atoms with Crippen molar-refractivity contribution in [2.75, 3.05) is 22.8 Å². The molecule has 3 rings (SSSR count). The minimum Gasteiger partial charge on any atom is -0.461 e. The van der Waals surface area contributed by atoms with Crippen LogP contribution in [0.5, 0.6) is 0 Å². The lowest BCUT2D eigenvalue weighted by atomic mass is 9.93. The summed E-state index contributed by atoms with van der Waals surface area (Å²) >= 11 is 0.775. The summed E-state index contributed by atoms with van der Waals surface area (Å²) in [5.74, 6) is -0.695. The van der Waals surface area contributed by atoms with Gasteiger partial charge < -0.3 is 9.64 Å². The predicted molar refractivity (Wildman–Crippen MR) is 121 cm³/mol. The molecule has 2 heterocycles. The molecule has 0 saturated heterocycles. The maximum absolute atomic E-state index is 13.1. The molecular formula is C19H23F3N6O4S2. The van der Waals surface area contributed by atoms with Crippen molar-refractivity contribution in [3.05, 3.63) is 22.7 Å². The van der Waals surface area contributed by atoms with Crippen LogP contribution in [0.2, 0.25) is 0 Å². The van der Waals surface area contributed by atoms with E-state index < -0.39 is 21.5 Å². The van der Waals surface area contributed by atoms with Crippen LogP contribution in [0.15, 0.2) is 22.4 Å². The van der Waals surface area contributed by atoms with E-state index in [0.29, 0.717) is 18.7 Å². The lowest BCUT2D eigenvalue weighted by Crippen LogP contribution is -2.39. The van der Waals surface area contributed by atoms with Crippen molar-refractivity contribution in [2.24, 2.45) is 10.2 Å². The third-order valence-corrected chi connectivity index (χ3v) is 7.05. The third-order valence-electron chi connectivity index (χ3n) is 5.16. The van der Waals surface area contributed by atoms with Gasteiger partial charge in [0, 0.05) is 18.3 Å². The van der Waals surface area contributed by atoms with Crippen LogP contribution in [0.3, 0.4) is 0 Å². The highest BCUT2D eigenvalue weighted by molar-refractivity contribution is 7.93. The zero-order valence-corrected chi connectivity index (χ0v) is 20.2. The number of halogens is 3. The number of azo groups is 1. The van der Waals surface area contributed by atoms with E-state index in [1.54, 1.807) is 11.6 Å². The van der Waals surface area contributed by atoms with Crippen LogP contribution >= 0.6 is 11.3 Å². The number of anilines is 2. The molecule has 0 spiro atoms. The molecule has 1 aliphatic rings. The highest BCUT2D eigenvalue weighted by atomic mass is 32.2. The van der Waals surface area contributed by atoms with Gasteiger partial charge in [-0.1, -0.05) is 18.3 Å². The fraction of sp³-hybridized carbons (Fsp3) is 0.526. The average molecular weight is 521 g/mol. The fourth-order valence-electron chi connectivity index (χ4n) is 3.61. The van der Waals surface area contributed by atoms with Crippen LogP contribution in [0.25, 0.3) is 0 Å². The number of carbonyl (C=O) groups is 1. The van der Waals surface area contributed by atoms with Gasteiger partial charge in [-0.25, -0.2) is 4.79 Å². The Hall–Kier alpha value is -2.81. The van der Waals surface area contributed by atoms with Crippen molar-refractivity contribution in [1.82, 2.24) is 10.2 Å². The molecule has 0 radical (unpaired) electrons. The molecule has 1 atom stereocenters. The second-order valence-corrected chi connectivity index (χ2v) is 9.88. The normalized spacial score (nSPS) is 16.5. The predicted octanol–water partition coefficient (Wildman–Crippen LogP) is 4.94. The Morgan fingerprint density at radius 1 is 1.26 bits per heavy atom. The Bertz CT molecular complexity index is 1180. The summed E-state index contributed by atoms with van der Waals surface area (Å²) in [4.78, 5) is 13.8. The van der Waals surface area contributed by atoms with Gasteiger partial charge in [-0.2, -0.15) is 21.6 Å². The second kappa shape index (κ2) is 10.2. The van der Waals surface area contributed by atoms with E-state index in [4.69, 9.17) is 4.74 Å². The first-order chi connectivity index (χ1) is 16.0. The molecule has 1 aliphatic heterocycles. The second-order valence-electron chi connectivity index (χ2n) is 7.25. The zero-order valence-electron chi connectivity index (χ0n) is 18.6. The molecule has 0 saturated carbocycles.